The SMILES string of the molecule is Cc1cccc(N(CCCN2CCC(Cc3ccccc3)CC2)C(=O)C2CC(=O)N(C)C2)c1. The molecule has 4 rings (SSSR count). The fraction of sp³-hybridized carbons (Fsp3) is 0.500. The lowest BCUT2D eigenvalue weighted by molar-refractivity contribution is -0.127. The van der Waals surface area contributed by atoms with Gasteiger partial charge in [0.1, 0.15) is 0 Å². The highest BCUT2D eigenvalue weighted by Crippen LogP contribution is 2.25. The van der Waals surface area contributed by atoms with Crippen molar-refractivity contribution in [1.29, 1.82) is 0 Å². The van der Waals surface area contributed by atoms with E-state index in [1.807, 2.05) is 17.0 Å². The Morgan fingerprint density at radius 2 is 1.82 bits per heavy atom. The zero-order valence-corrected chi connectivity index (χ0v) is 20.1. The second kappa shape index (κ2) is 11.0. The van der Waals surface area contributed by atoms with Gasteiger partial charge in [-0.1, -0.05) is 42.5 Å². The summed E-state index contributed by atoms with van der Waals surface area (Å²) in [5.41, 5.74) is 3.54. The average Bonchev–Trinajstić information content (AvgIpc) is 3.16. The van der Waals surface area contributed by atoms with Gasteiger partial charge in [0, 0.05) is 32.2 Å². The second-order valence-electron chi connectivity index (χ2n) is 9.83. The van der Waals surface area contributed by atoms with Crippen LogP contribution in [0, 0.1) is 18.8 Å². The summed E-state index contributed by atoms with van der Waals surface area (Å²) < 4.78 is 0. The van der Waals surface area contributed by atoms with E-state index in [0.717, 1.165) is 43.2 Å². The van der Waals surface area contributed by atoms with Crippen LogP contribution in [0.3, 0.4) is 0 Å². The number of nitrogens with zero attached hydrogens (tertiary/aromatic N) is 3. The number of anilines is 1. The van der Waals surface area contributed by atoms with Gasteiger partial charge in [-0.3, -0.25) is 9.59 Å². The largest absolute Gasteiger partial charge is 0.345 e. The molecule has 2 saturated heterocycles. The van der Waals surface area contributed by atoms with Gasteiger partial charge in [0.25, 0.3) is 0 Å². The molecule has 176 valence electrons. The average molecular weight is 448 g/mol. The summed E-state index contributed by atoms with van der Waals surface area (Å²) in [4.78, 5) is 31.5. The molecule has 5 nitrogen and oxygen atoms in total. The van der Waals surface area contributed by atoms with Crippen molar-refractivity contribution >= 4 is 17.5 Å². The van der Waals surface area contributed by atoms with E-state index in [1.165, 1.54) is 24.8 Å². The molecule has 2 aliphatic rings. The lowest BCUT2D eigenvalue weighted by Gasteiger charge is -2.33. The van der Waals surface area contributed by atoms with Gasteiger partial charge >= 0.3 is 0 Å². The number of benzene rings is 2. The minimum absolute atomic E-state index is 0.0657. The summed E-state index contributed by atoms with van der Waals surface area (Å²) in [7, 11) is 1.79. The summed E-state index contributed by atoms with van der Waals surface area (Å²) in [6, 6.07) is 19.0. The Morgan fingerprint density at radius 1 is 1.06 bits per heavy atom. The molecule has 0 aliphatic carbocycles. The highest BCUT2D eigenvalue weighted by Gasteiger charge is 2.35. The zero-order chi connectivity index (χ0) is 23.2. The first kappa shape index (κ1) is 23.5. The van der Waals surface area contributed by atoms with Crippen LogP contribution in [0.1, 0.15) is 36.8 Å². The third-order valence-corrected chi connectivity index (χ3v) is 7.20. The first-order valence-corrected chi connectivity index (χ1v) is 12.4. The van der Waals surface area contributed by atoms with Crippen LogP contribution in [0.15, 0.2) is 54.6 Å². The Balaban J connectivity index is 1.30. The van der Waals surface area contributed by atoms with Crippen molar-refractivity contribution in [3.05, 3.63) is 65.7 Å². The molecule has 0 saturated carbocycles. The van der Waals surface area contributed by atoms with Crippen LogP contribution in [0.5, 0.6) is 0 Å². The topological polar surface area (TPSA) is 43.9 Å². The Hall–Kier alpha value is -2.66. The first-order valence-electron chi connectivity index (χ1n) is 12.4. The number of piperidine rings is 1. The van der Waals surface area contributed by atoms with Gasteiger partial charge in [0.15, 0.2) is 0 Å². The number of hydrogen-bond acceptors (Lipinski definition) is 3. The van der Waals surface area contributed by atoms with Crippen molar-refractivity contribution < 1.29 is 9.59 Å². The quantitative estimate of drug-likeness (QED) is 0.611. The maximum Gasteiger partial charge on any atom is 0.232 e. The van der Waals surface area contributed by atoms with Crippen molar-refractivity contribution in [2.24, 2.45) is 11.8 Å². The van der Waals surface area contributed by atoms with Crippen molar-refractivity contribution in [1.82, 2.24) is 9.80 Å². The fourth-order valence-corrected chi connectivity index (χ4v) is 5.23. The van der Waals surface area contributed by atoms with Gasteiger partial charge in [0.2, 0.25) is 11.8 Å². The third-order valence-electron chi connectivity index (χ3n) is 7.20. The maximum absolute atomic E-state index is 13.4. The van der Waals surface area contributed by atoms with Gasteiger partial charge in [-0.2, -0.15) is 0 Å². The molecule has 1 atom stereocenters. The molecule has 2 fully saturated rings. The number of rotatable bonds is 8. The van der Waals surface area contributed by atoms with Crippen LogP contribution in [0.25, 0.3) is 0 Å². The number of aryl methyl sites for hydroxylation is 1. The van der Waals surface area contributed by atoms with Crippen LogP contribution in [-0.4, -0.2) is 61.4 Å². The molecule has 5 heteroatoms. The monoisotopic (exact) mass is 447 g/mol. The molecule has 2 amide bonds. The van der Waals surface area contributed by atoms with Gasteiger partial charge in [-0.05, 0) is 81.4 Å². The van der Waals surface area contributed by atoms with E-state index >= 15 is 0 Å². The number of carbonyl (C=O) groups excluding carboxylic acids is 2. The van der Waals surface area contributed by atoms with Crippen molar-refractivity contribution in [2.45, 2.75) is 39.0 Å². The molecule has 2 aromatic carbocycles. The summed E-state index contributed by atoms with van der Waals surface area (Å²) in [6.45, 7) is 6.56. The molecule has 0 bridgehead atoms. The summed E-state index contributed by atoms with van der Waals surface area (Å²) >= 11 is 0. The Morgan fingerprint density at radius 3 is 2.48 bits per heavy atom. The van der Waals surface area contributed by atoms with E-state index in [-0.39, 0.29) is 17.7 Å². The van der Waals surface area contributed by atoms with E-state index in [9.17, 15) is 9.59 Å². The highest BCUT2D eigenvalue weighted by molar-refractivity contribution is 5.99. The minimum atomic E-state index is -0.239. The normalized spacial score (nSPS) is 19.8. The molecule has 2 aromatic rings. The lowest BCUT2D eigenvalue weighted by atomic mass is 9.90. The van der Waals surface area contributed by atoms with Crippen molar-refractivity contribution in [3.8, 4) is 0 Å². The Kier molecular flexibility index (Phi) is 7.81. The zero-order valence-electron chi connectivity index (χ0n) is 20.1. The first-order chi connectivity index (χ1) is 16.0. The fourth-order valence-electron chi connectivity index (χ4n) is 5.23. The lowest BCUT2D eigenvalue weighted by Crippen LogP contribution is -2.40. The van der Waals surface area contributed by atoms with E-state index in [1.54, 1.807) is 11.9 Å². The molecular formula is C28H37N3O2. The smallest absolute Gasteiger partial charge is 0.232 e. The number of carbonyl (C=O) groups is 2. The van der Waals surface area contributed by atoms with E-state index in [2.05, 4.69) is 54.3 Å². The predicted molar refractivity (Wildman–Crippen MR) is 133 cm³/mol. The Labute approximate surface area is 198 Å². The molecule has 2 aliphatic heterocycles. The summed E-state index contributed by atoms with van der Waals surface area (Å²) in [5.74, 6) is 0.679. The molecule has 33 heavy (non-hydrogen) atoms. The molecule has 2 heterocycles. The van der Waals surface area contributed by atoms with E-state index in [4.69, 9.17) is 0 Å². The Bertz CT molecular complexity index is 937. The van der Waals surface area contributed by atoms with Crippen LogP contribution in [0.4, 0.5) is 5.69 Å². The van der Waals surface area contributed by atoms with E-state index in [0.29, 0.717) is 19.5 Å². The van der Waals surface area contributed by atoms with Gasteiger partial charge < -0.3 is 14.7 Å². The van der Waals surface area contributed by atoms with Gasteiger partial charge in [0.05, 0.1) is 5.92 Å². The van der Waals surface area contributed by atoms with Gasteiger partial charge in [-0.25, -0.2) is 0 Å². The molecule has 0 radical (unpaired) electrons. The maximum atomic E-state index is 13.4. The minimum Gasteiger partial charge on any atom is -0.345 e. The standard InChI is InChI=1S/C28H37N3O2/c1-22-8-6-11-26(18-22)31(28(33)25-20-27(32)29(2)21-25)15-7-14-30-16-12-24(13-17-30)19-23-9-4-3-5-10-23/h3-6,8-11,18,24-25H,7,12-17,19-21H2,1-2H3. The van der Waals surface area contributed by atoms with Crippen LogP contribution < -0.4 is 4.90 Å². The molecule has 0 aromatic heterocycles. The number of hydrogen-bond donors (Lipinski definition) is 0. The highest BCUT2D eigenvalue weighted by atomic mass is 16.2. The van der Waals surface area contributed by atoms with E-state index < -0.39 is 0 Å². The molecular weight excluding hydrogens is 410 g/mol. The van der Waals surface area contributed by atoms with Crippen LogP contribution >= 0.6 is 0 Å². The predicted octanol–water partition coefficient (Wildman–Crippen LogP) is 4.15. The van der Waals surface area contributed by atoms with Crippen molar-refractivity contribution in [2.75, 3.05) is 44.7 Å². The summed E-state index contributed by atoms with van der Waals surface area (Å²) in [5, 5.41) is 0. The third kappa shape index (κ3) is 6.23. The second-order valence-corrected chi connectivity index (χ2v) is 9.83. The van der Waals surface area contributed by atoms with Crippen LogP contribution in [0.2, 0.25) is 0 Å². The molecule has 1 unspecified atom stereocenters. The van der Waals surface area contributed by atoms with Gasteiger partial charge in [-0.15, -0.1) is 0 Å². The molecule has 0 N–H and O–H groups in total. The summed E-state index contributed by atoms with van der Waals surface area (Å²) in [6.07, 6.45) is 4.93. The molecule has 0 spiro atoms. The number of amides is 2. The van der Waals surface area contributed by atoms with Crippen molar-refractivity contribution in [3.63, 3.8) is 0 Å². The van der Waals surface area contributed by atoms with Crippen LogP contribution in [-0.2, 0) is 16.0 Å². The number of likely N-dealkylation sites (tertiary alicyclic amines) is 2.